The van der Waals surface area contributed by atoms with Crippen molar-refractivity contribution < 1.29 is 22.7 Å². The van der Waals surface area contributed by atoms with Crippen LogP contribution < -0.4 is 10.0 Å². The molecule has 226 valence electrons. The second kappa shape index (κ2) is 14.3. The van der Waals surface area contributed by atoms with E-state index < -0.39 is 10.0 Å². The van der Waals surface area contributed by atoms with Crippen molar-refractivity contribution in [1.29, 1.82) is 0 Å². The van der Waals surface area contributed by atoms with Crippen LogP contribution in [0, 0.1) is 0 Å². The molecule has 0 radical (unpaired) electrons. The zero-order chi connectivity index (χ0) is 30.3. The normalized spacial score (nSPS) is 17.2. The fourth-order valence-corrected chi connectivity index (χ4v) is 7.63. The number of alkyl carbamates (subject to hydrolysis) is 1. The topological polar surface area (TPSA) is 118 Å². The van der Waals surface area contributed by atoms with E-state index in [1.807, 2.05) is 50.2 Å². The van der Waals surface area contributed by atoms with E-state index in [0.29, 0.717) is 17.7 Å². The first-order valence-electron chi connectivity index (χ1n) is 14.4. The van der Waals surface area contributed by atoms with E-state index in [1.54, 1.807) is 37.2 Å². The number of benzene rings is 2. The van der Waals surface area contributed by atoms with E-state index in [-0.39, 0.29) is 47.9 Å². The molecule has 1 fully saturated rings. The quantitative estimate of drug-likeness (QED) is 0.297. The number of sulfonamides is 1. The van der Waals surface area contributed by atoms with Gasteiger partial charge in [-0.15, -0.1) is 11.3 Å². The highest BCUT2D eigenvalue weighted by Crippen LogP contribution is 2.39. The lowest BCUT2D eigenvalue weighted by atomic mass is 9.86. The van der Waals surface area contributed by atoms with Crippen LogP contribution in [0.4, 0.5) is 4.79 Å². The number of carbonyl (C=O) groups is 2. The number of thiazole rings is 1. The molecular formula is C31H40N4O5S2. The fourth-order valence-electron chi connectivity index (χ4n) is 5.13. The van der Waals surface area contributed by atoms with E-state index in [9.17, 15) is 18.0 Å². The molecule has 0 spiro atoms. The van der Waals surface area contributed by atoms with Crippen LogP contribution in [0.1, 0.15) is 68.5 Å². The maximum atomic E-state index is 13.3. The number of amides is 2. The number of nitrogens with zero attached hydrogens (tertiary/aromatic N) is 2. The van der Waals surface area contributed by atoms with Gasteiger partial charge in [-0.3, -0.25) is 4.79 Å². The van der Waals surface area contributed by atoms with Crippen molar-refractivity contribution in [2.75, 3.05) is 13.6 Å². The second-order valence-corrected chi connectivity index (χ2v) is 13.8. The summed E-state index contributed by atoms with van der Waals surface area (Å²) >= 11 is 1.50. The minimum atomic E-state index is -3.81. The first kappa shape index (κ1) is 31.7. The van der Waals surface area contributed by atoms with Crippen LogP contribution in [-0.2, 0) is 32.5 Å². The standard InChI is InChI=1S/C31H40N4O5S2/c1-5-33-42(38,39)28-17-23(18-29(36)35(4)20-22-9-7-6-8-10-22)11-16-26(28)27-19-32-30(41-27)24-12-14-25(15-13-24)34-31(37)40-21(2)3/h6-11,16-17,19,21,24-25,33H,5,12-15,18,20H2,1-4H3,(H,34,37)/t24-,25-. The van der Waals surface area contributed by atoms with E-state index in [1.165, 1.54) is 11.3 Å². The van der Waals surface area contributed by atoms with Gasteiger partial charge in [0.25, 0.3) is 0 Å². The molecule has 0 atom stereocenters. The lowest BCUT2D eigenvalue weighted by molar-refractivity contribution is -0.129. The Labute approximate surface area is 252 Å². The van der Waals surface area contributed by atoms with Gasteiger partial charge in [-0.05, 0) is 56.7 Å². The van der Waals surface area contributed by atoms with Crippen molar-refractivity contribution in [3.63, 3.8) is 0 Å². The highest BCUT2D eigenvalue weighted by molar-refractivity contribution is 7.89. The van der Waals surface area contributed by atoms with Gasteiger partial charge in [0, 0.05) is 43.9 Å². The molecule has 1 saturated carbocycles. The van der Waals surface area contributed by atoms with Crippen molar-refractivity contribution in [3.8, 4) is 10.4 Å². The maximum absolute atomic E-state index is 13.3. The third kappa shape index (κ3) is 8.39. The molecule has 1 aromatic heterocycles. The Morgan fingerprint density at radius 3 is 2.45 bits per heavy atom. The lowest BCUT2D eigenvalue weighted by Crippen LogP contribution is -2.38. The molecule has 11 heteroatoms. The van der Waals surface area contributed by atoms with E-state index in [2.05, 4.69) is 15.0 Å². The third-order valence-electron chi connectivity index (χ3n) is 7.24. The van der Waals surface area contributed by atoms with Gasteiger partial charge in [-0.1, -0.05) is 49.4 Å². The number of hydrogen-bond acceptors (Lipinski definition) is 7. The minimum absolute atomic E-state index is 0.0748. The van der Waals surface area contributed by atoms with Crippen LogP contribution in [0.25, 0.3) is 10.4 Å². The van der Waals surface area contributed by atoms with Crippen LogP contribution in [0.15, 0.2) is 59.6 Å². The van der Waals surface area contributed by atoms with Gasteiger partial charge in [-0.25, -0.2) is 22.9 Å². The molecule has 1 aliphatic carbocycles. The van der Waals surface area contributed by atoms with Crippen molar-refractivity contribution in [1.82, 2.24) is 19.9 Å². The Hall–Kier alpha value is -3.28. The monoisotopic (exact) mass is 612 g/mol. The lowest BCUT2D eigenvalue weighted by Gasteiger charge is -2.28. The number of ether oxygens (including phenoxy) is 1. The highest BCUT2D eigenvalue weighted by Gasteiger charge is 2.27. The maximum Gasteiger partial charge on any atom is 0.407 e. The summed E-state index contributed by atoms with van der Waals surface area (Å²) in [6, 6.07) is 15.0. The number of rotatable bonds is 11. The summed E-state index contributed by atoms with van der Waals surface area (Å²) in [7, 11) is -2.06. The summed E-state index contributed by atoms with van der Waals surface area (Å²) in [5, 5.41) is 3.91. The van der Waals surface area contributed by atoms with Crippen molar-refractivity contribution in [3.05, 3.63) is 70.9 Å². The zero-order valence-corrected chi connectivity index (χ0v) is 26.3. The minimum Gasteiger partial charge on any atom is -0.447 e. The van der Waals surface area contributed by atoms with Gasteiger partial charge in [0.15, 0.2) is 0 Å². The largest absolute Gasteiger partial charge is 0.447 e. The summed E-state index contributed by atoms with van der Waals surface area (Å²) in [5.74, 6) is 0.148. The molecule has 2 N–H and O–H groups in total. The first-order chi connectivity index (χ1) is 20.1. The second-order valence-electron chi connectivity index (χ2n) is 11.0. The fraction of sp³-hybridized carbons (Fsp3) is 0.452. The van der Waals surface area contributed by atoms with Crippen molar-refractivity contribution >= 4 is 33.4 Å². The predicted molar refractivity (Wildman–Crippen MR) is 165 cm³/mol. The van der Waals surface area contributed by atoms with E-state index in [4.69, 9.17) is 4.74 Å². The van der Waals surface area contributed by atoms with Gasteiger partial charge in [0.1, 0.15) is 0 Å². The Morgan fingerprint density at radius 1 is 1.07 bits per heavy atom. The van der Waals surface area contributed by atoms with Crippen LogP contribution in [-0.4, -0.2) is 56.0 Å². The van der Waals surface area contributed by atoms with Crippen LogP contribution >= 0.6 is 11.3 Å². The van der Waals surface area contributed by atoms with Crippen molar-refractivity contribution in [2.45, 2.75) is 82.4 Å². The predicted octanol–water partition coefficient (Wildman–Crippen LogP) is 5.47. The Kier molecular flexibility index (Phi) is 10.7. The molecule has 9 nitrogen and oxygen atoms in total. The van der Waals surface area contributed by atoms with Crippen LogP contribution in [0.3, 0.4) is 0 Å². The molecule has 0 aliphatic heterocycles. The molecule has 0 unspecified atom stereocenters. The summed E-state index contributed by atoms with van der Waals surface area (Å²) in [4.78, 5) is 32.2. The molecule has 0 bridgehead atoms. The first-order valence-corrected chi connectivity index (χ1v) is 16.7. The Bertz CT molecular complexity index is 1470. The SMILES string of the molecule is CCNS(=O)(=O)c1cc(CC(=O)N(C)Cc2ccccc2)ccc1-c1cnc([C@H]2CC[C@H](NC(=O)OC(C)C)CC2)s1. The molecule has 3 aromatic rings. The Morgan fingerprint density at radius 2 is 1.79 bits per heavy atom. The summed E-state index contributed by atoms with van der Waals surface area (Å²) in [6.45, 7) is 6.11. The molecule has 0 saturated heterocycles. The molecule has 1 aliphatic rings. The number of aromatic nitrogens is 1. The molecule has 1 heterocycles. The molecule has 2 aromatic carbocycles. The average molecular weight is 613 g/mol. The van der Waals surface area contributed by atoms with E-state index in [0.717, 1.165) is 41.1 Å². The van der Waals surface area contributed by atoms with Gasteiger partial charge in [-0.2, -0.15) is 0 Å². The number of carbonyl (C=O) groups excluding carboxylic acids is 2. The molecule has 2 amide bonds. The summed E-state index contributed by atoms with van der Waals surface area (Å²) in [5.41, 5.74) is 2.23. The molecule has 42 heavy (non-hydrogen) atoms. The van der Waals surface area contributed by atoms with Gasteiger partial charge in [0.05, 0.1) is 27.3 Å². The van der Waals surface area contributed by atoms with E-state index >= 15 is 0 Å². The Balaban J connectivity index is 1.48. The van der Waals surface area contributed by atoms with Gasteiger partial charge < -0.3 is 15.0 Å². The number of likely N-dealkylation sites (N-methyl/N-ethyl adjacent to an activating group) is 1. The van der Waals surface area contributed by atoms with Crippen molar-refractivity contribution in [2.24, 2.45) is 0 Å². The zero-order valence-electron chi connectivity index (χ0n) is 24.6. The third-order valence-corrected chi connectivity index (χ3v) is 10.0. The molecular weight excluding hydrogens is 572 g/mol. The number of hydrogen-bond donors (Lipinski definition) is 2. The van der Waals surface area contributed by atoms with Crippen LogP contribution in [0.5, 0.6) is 0 Å². The average Bonchev–Trinajstić information content (AvgIpc) is 3.44. The summed E-state index contributed by atoms with van der Waals surface area (Å²) < 4.78 is 34.3. The van der Waals surface area contributed by atoms with Gasteiger partial charge >= 0.3 is 6.09 Å². The summed E-state index contributed by atoms with van der Waals surface area (Å²) in [6.07, 6.45) is 4.69. The highest BCUT2D eigenvalue weighted by atomic mass is 32.2. The molecule has 4 rings (SSSR count). The number of nitrogens with one attached hydrogen (secondary N) is 2. The van der Waals surface area contributed by atoms with Crippen LogP contribution in [0.2, 0.25) is 0 Å². The smallest absolute Gasteiger partial charge is 0.407 e. The van der Waals surface area contributed by atoms with Gasteiger partial charge in [0.2, 0.25) is 15.9 Å².